The lowest BCUT2D eigenvalue weighted by molar-refractivity contribution is -0.117. The van der Waals surface area contributed by atoms with Crippen LogP contribution in [0.25, 0.3) is 16.9 Å². The van der Waals surface area contributed by atoms with E-state index in [1.165, 1.54) is 0 Å². The Labute approximate surface area is 125 Å². The molecule has 0 saturated heterocycles. The molecule has 1 aliphatic carbocycles. The van der Waals surface area contributed by atoms with E-state index in [2.05, 4.69) is 20.5 Å². The summed E-state index contributed by atoms with van der Waals surface area (Å²) in [4.78, 5) is 16.1. The number of carbonyl (C=O) groups excluding carboxylic acids is 1. The van der Waals surface area contributed by atoms with E-state index in [9.17, 15) is 9.18 Å². The summed E-state index contributed by atoms with van der Waals surface area (Å²) < 4.78 is 14.7. The highest BCUT2D eigenvalue weighted by atomic mass is 19.1. The number of pyridine rings is 1. The normalized spacial score (nSPS) is 20.3. The van der Waals surface area contributed by atoms with Gasteiger partial charge in [0.2, 0.25) is 5.91 Å². The number of nitrogens with one attached hydrogen (secondary N) is 2. The maximum atomic E-state index is 12.9. The Kier molecular flexibility index (Phi) is 2.75. The molecule has 1 saturated carbocycles. The van der Waals surface area contributed by atoms with E-state index < -0.39 is 12.1 Å². The number of nitrogens with zero attached hydrogens (tertiary/aromatic N) is 3. The Morgan fingerprint density at radius 2 is 2.27 bits per heavy atom. The van der Waals surface area contributed by atoms with Crippen LogP contribution in [0.5, 0.6) is 0 Å². The Morgan fingerprint density at radius 1 is 1.45 bits per heavy atom. The number of aryl methyl sites for hydroxylation is 1. The van der Waals surface area contributed by atoms with Crippen molar-refractivity contribution < 1.29 is 9.18 Å². The Balaban J connectivity index is 1.63. The first-order chi connectivity index (χ1) is 10.6. The highest BCUT2D eigenvalue weighted by Gasteiger charge is 2.43. The lowest BCUT2D eigenvalue weighted by Crippen LogP contribution is -2.15. The third kappa shape index (κ3) is 2.14. The van der Waals surface area contributed by atoms with Gasteiger partial charge in [0.25, 0.3) is 0 Å². The van der Waals surface area contributed by atoms with E-state index in [4.69, 9.17) is 0 Å². The second kappa shape index (κ2) is 4.66. The van der Waals surface area contributed by atoms with Crippen LogP contribution in [-0.4, -0.2) is 31.7 Å². The molecule has 0 aromatic carbocycles. The van der Waals surface area contributed by atoms with E-state index >= 15 is 0 Å². The van der Waals surface area contributed by atoms with E-state index in [0.29, 0.717) is 17.9 Å². The highest BCUT2D eigenvalue weighted by molar-refractivity contribution is 5.94. The fourth-order valence-corrected chi connectivity index (χ4v) is 2.49. The van der Waals surface area contributed by atoms with Crippen LogP contribution in [0.3, 0.4) is 0 Å². The van der Waals surface area contributed by atoms with Gasteiger partial charge in [0.1, 0.15) is 11.8 Å². The number of imidazole rings is 1. The van der Waals surface area contributed by atoms with Crippen LogP contribution in [-0.2, 0) is 4.79 Å². The third-order valence-electron chi connectivity index (χ3n) is 3.86. The molecule has 0 aliphatic heterocycles. The molecule has 2 N–H and O–H groups in total. The molecule has 6 nitrogen and oxygen atoms in total. The van der Waals surface area contributed by atoms with Crippen LogP contribution in [0, 0.1) is 12.8 Å². The number of anilines is 1. The topological polar surface area (TPSA) is 75.1 Å². The molecule has 112 valence electrons. The van der Waals surface area contributed by atoms with Crippen LogP contribution in [0.15, 0.2) is 30.7 Å². The zero-order chi connectivity index (χ0) is 15.3. The lowest BCUT2D eigenvalue weighted by Gasteiger charge is -1.99. The van der Waals surface area contributed by atoms with Gasteiger partial charge in [-0.2, -0.15) is 5.10 Å². The van der Waals surface area contributed by atoms with Crippen LogP contribution < -0.4 is 5.32 Å². The molecule has 3 aromatic rings. The van der Waals surface area contributed by atoms with Crippen molar-refractivity contribution in [2.75, 3.05) is 5.32 Å². The zero-order valence-corrected chi connectivity index (χ0v) is 11.9. The van der Waals surface area contributed by atoms with Gasteiger partial charge in [-0.3, -0.25) is 9.89 Å². The fraction of sp³-hybridized carbons (Fsp3) is 0.267. The quantitative estimate of drug-likeness (QED) is 0.779. The average Bonchev–Trinajstić information content (AvgIpc) is 2.90. The molecule has 1 fully saturated rings. The zero-order valence-electron chi connectivity index (χ0n) is 11.9. The molecule has 0 spiro atoms. The summed E-state index contributed by atoms with van der Waals surface area (Å²) in [5.74, 6) is -0.397. The Bertz CT molecular complexity index is 868. The Hall–Kier alpha value is -2.70. The van der Waals surface area contributed by atoms with E-state index in [1.807, 2.05) is 35.9 Å². The van der Waals surface area contributed by atoms with Crippen molar-refractivity contribution in [2.45, 2.75) is 19.5 Å². The molecular weight excluding hydrogens is 285 g/mol. The van der Waals surface area contributed by atoms with Crippen LogP contribution in [0.1, 0.15) is 12.0 Å². The fourth-order valence-electron chi connectivity index (χ4n) is 2.49. The summed E-state index contributed by atoms with van der Waals surface area (Å²) in [6, 6.07) is 3.78. The number of aromatic amines is 1. The van der Waals surface area contributed by atoms with Crippen molar-refractivity contribution in [1.82, 2.24) is 19.6 Å². The van der Waals surface area contributed by atoms with Crippen LogP contribution in [0.2, 0.25) is 0 Å². The van der Waals surface area contributed by atoms with Gasteiger partial charge in [-0.1, -0.05) is 0 Å². The summed E-state index contributed by atoms with van der Waals surface area (Å²) in [6.45, 7) is 1.98. The predicted octanol–water partition coefficient (Wildman–Crippen LogP) is 2.33. The number of H-pyrrole nitrogens is 1. The highest BCUT2D eigenvalue weighted by Crippen LogP contribution is 2.34. The maximum absolute atomic E-state index is 12.9. The van der Waals surface area contributed by atoms with Crippen LogP contribution in [0.4, 0.5) is 10.2 Å². The molecule has 0 radical (unpaired) electrons. The van der Waals surface area contributed by atoms with E-state index in [1.54, 1.807) is 6.20 Å². The number of hydrogen-bond donors (Lipinski definition) is 2. The summed E-state index contributed by atoms with van der Waals surface area (Å²) in [5.41, 5.74) is 3.59. The van der Waals surface area contributed by atoms with Gasteiger partial charge in [-0.05, 0) is 31.0 Å². The number of amides is 1. The molecule has 2 atom stereocenters. The second-order valence-electron chi connectivity index (χ2n) is 5.57. The SMILES string of the molecule is Cc1c[nH]nc1-c1ccc2nc(NC(=O)C3CC3F)cn2c1. The standard InChI is InChI=1S/C15H14FN5O/c1-8-5-17-20-14(8)9-2-3-13-18-12(7-21(13)6-9)19-15(22)10-4-11(10)16/h2-3,5-7,10-11H,4H2,1H3,(H,17,20)(H,19,22). The minimum Gasteiger partial charge on any atom is -0.309 e. The first-order valence-electron chi connectivity index (χ1n) is 7.06. The van der Waals surface area contributed by atoms with Gasteiger partial charge in [0.05, 0.1) is 17.8 Å². The van der Waals surface area contributed by atoms with E-state index in [-0.39, 0.29) is 5.91 Å². The second-order valence-corrected chi connectivity index (χ2v) is 5.57. The summed E-state index contributed by atoms with van der Waals surface area (Å²) in [7, 11) is 0. The number of aromatic nitrogens is 4. The van der Waals surface area contributed by atoms with Gasteiger partial charge in [-0.15, -0.1) is 0 Å². The summed E-state index contributed by atoms with van der Waals surface area (Å²) >= 11 is 0. The van der Waals surface area contributed by atoms with E-state index in [0.717, 1.165) is 16.8 Å². The number of carbonyl (C=O) groups is 1. The minimum absolute atomic E-state index is 0.306. The third-order valence-corrected chi connectivity index (χ3v) is 3.86. The summed E-state index contributed by atoms with van der Waals surface area (Å²) in [6.07, 6.45) is 4.75. The van der Waals surface area contributed by atoms with Gasteiger partial charge < -0.3 is 9.72 Å². The molecule has 0 bridgehead atoms. The number of fused-ring (bicyclic) bond motifs is 1. The van der Waals surface area contributed by atoms with Crippen molar-refractivity contribution >= 4 is 17.4 Å². The molecular formula is C15H14FN5O. The van der Waals surface area contributed by atoms with Crippen molar-refractivity contribution in [1.29, 1.82) is 0 Å². The van der Waals surface area contributed by atoms with Crippen molar-refractivity contribution in [3.8, 4) is 11.3 Å². The molecule has 7 heteroatoms. The number of halogens is 1. The smallest absolute Gasteiger partial charge is 0.231 e. The van der Waals surface area contributed by atoms with Crippen molar-refractivity contribution in [3.63, 3.8) is 0 Å². The number of alkyl halides is 1. The molecule has 3 aromatic heterocycles. The minimum atomic E-state index is -1.01. The maximum Gasteiger partial charge on any atom is 0.231 e. The first kappa shape index (κ1) is 13.0. The first-order valence-corrected chi connectivity index (χ1v) is 7.06. The lowest BCUT2D eigenvalue weighted by atomic mass is 10.1. The van der Waals surface area contributed by atoms with Gasteiger partial charge >= 0.3 is 0 Å². The molecule has 2 unspecified atom stereocenters. The molecule has 3 heterocycles. The molecule has 1 amide bonds. The molecule has 1 aliphatic rings. The largest absolute Gasteiger partial charge is 0.309 e. The monoisotopic (exact) mass is 299 g/mol. The predicted molar refractivity (Wildman–Crippen MR) is 79.1 cm³/mol. The summed E-state index contributed by atoms with van der Waals surface area (Å²) in [5, 5.41) is 9.71. The van der Waals surface area contributed by atoms with Crippen LogP contribution >= 0.6 is 0 Å². The number of rotatable bonds is 3. The van der Waals surface area contributed by atoms with Crippen molar-refractivity contribution in [3.05, 3.63) is 36.3 Å². The Morgan fingerprint density at radius 3 is 2.95 bits per heavy atom. The van der Waals surface area contributed by atoms with Gasteiger partial charge in [0.15, 0.2) is 5.82 Å². The average molecular weight is 299 g/mol. The molecule has 4 rings (SSSR count). The van der Waals surface area contributed by atoms with Crippen molar-refractivity contribution in [2.24, 2.45) is 5.92 Å². The van der Waals surface area contributed by atoms with Gasteiger partial charge in [0, 0.05) is 18.0 Å². The molecule has 22 heavy (non-hydrogen) atoms. The van der Waals surface area contributed by atoms with Gasteiger partial charge in [-0.25, -0.2) is 9.37 Å². The number of hydrogen-bond acceptors (Lipinski definition) is 3.